The molecule has 2 atom stereocenters. The number of amides is 2. The number of nitrogens with zero attached hydrogens (tertiary/aromatic N) is 2. The fourth-order valence-electron chi connectivity index (χ4n) is 3.29. The number of anilines is 1. The van der Waals surface area contributed by atoms with Crippen molar-refractivity contribution in [3.63, 3.8) is 0 Å². The monoisotopic (exact) mass is 438 g/mol. The number of dihydropyridines is 1. The maximum absolute atomic E-state index is 14.0. The molecule has 0 bridgehead atoms. The van der Waals surface area contributed by atoms with Crippen LogP contribution in [0.2, 0.25) is 0 Å². The SMILES string of the molecule is COc1cc(NS(=O)O)ccc1C(=O)N1CCN(C(=O)C2=C(F)C=CC(C)N2)CC1. The Labute approximate surface area is 176 Å². The molecule has 0 aromatic heterocycles. The van der Waals surface area contributed by atoms with Gasteiger partial charge < -0.3 is 19.9 Å². The van der Waals surface area contributed by atoms with Crippen LogP contribution in [-0.4, -0.2) is 69.7 Å². The molecule has 1 fully saturated rings. The van der Waals surface area contributed by atoms with E-state index < -0.39 is 23.0 Å². The maximum atomic E-state index is 14.0. The molecule has 2 aliphatic rings. The topological polar surface area (TPSA) is 111 Å². The average Bonchev–Trinajstić information content (AvgIpc) is 2.74. The highest BCUT2D eigenvalue weighted by molar-refractivity contribution is 7.80. The summed E-state index contributed by atoms with van der Waals surface area (Å²) in [6, 6.07) is 4.33. The Morgan fingerprint density at radius 3 is 2.47 bits per heavy atom. The van der Waals surface area contributed by atoms with Gasteiger partial charge in [-0.25, -0.2) is 8.60 Å². The van der Waals surface area contributed by atoms with Crippen LogP contribution in [0.1, 0.15) is 17.3 Å². The Morgan fingerprint density at radius 2 is 1.87 bits per heavy atom. The number of benzene rings is 1. The van der Waals surface area contributed by atoms with Crippen LogP contribution in [0, 0.1) is 0 Å². The lowest BCUT2D eigenvalue weighted by atomic mass is 10.1. The van der Waals surface area contributed by atoms with E-state index in [-0.39, 0.29) is 49.6 Å². The van der Waals surface area contributed by atoms with Gasteiger partial charge in [0.15, 0.2) is 5.83 Å². The zero-order valence-corrected chi connectivity index (χ0v) is 17.4. The molecule has 0 radical (unpaired) electrons. The van der Waals surface area contributed by atoms with E-state index in [0.29, 0.717) is 11.3 Å². The summed E-state index contributed by atoms with van der Waals surface area (Å²) in [5.41, 5.74) is 0.572. The summed E-state index contributed by atoms with van der Waals surface area (Å²) in [7, 11) is 1.40. The van der Waals surface area contributed by atoms with Crippen molar-refractivity contribution >= 4 is 28.8 Å². The highest BCUT2D eigenvalue weighted by Gasteiger charge is 2.30. The van der Waals surface area contributed by atoms with Crippen LogP contribution in [-0.2, 0) is 16.1 Å². The van der Waals surface area contributed by atoms with Gasteiger partial charge in [-0.1, -0.05) is 6.08 Å². The zero-order valence-electron chi connectivity index (χ0n) is 16.6. The third kappa shape index (κ3) is 4.79. The molecule has 1 aromatic rings. The van der Waals surface area contributed by atoms with Crippen LogP contribution in [0.15, 0.2) is 41.9 Å². The summed E-state index contributed by atoms with van der Waals surface area (Å²) in [6.45, 7) is 2.93. The number of rotatable bonds is 5. The van der Waals surface area contributed by atoms with Crippen LogP contribution in [0.4, 0.5) is 10.1 Å². The Hall–Kier alpha value is -2.92. The second-order valence-electron chi connectivity index (χ2n) is 6.87. The molecule has 1 aromatic carbocycles. The van der Waals surface area contributed by atoms with Crippen molar-refractivity contribution in [2.75, 3.05) is 38.0 Å². The lowest BCUT2D eigenvalue weighted by Gasteiger charge is -2.36. The number of piperazine rings is 1. The Morgan fingerprint density at radius 1 is 1.23 bits per heavy atom. The predicted molar refractivity (Wildman–Crippen MR) is 110 cm³/mol. The molecular formula is C19H23FN4O5S. The smallest absolute Gasteiger partial charge is 0.273 e. The number of allylic oxidation sites excluding steroid dienone is 2. The van der Waals surface area contributed by atoms with Gasteiger partial charge in [0.25, 0.3) is 23.1 Å². The summed E-state index contributed by atoms with van der Waals surface area (Å²) in [5, 5.41) is 2.84. The molecule has 0 aliphatic carbocycles. The van der Waals surface area contributed by atoms with Crippen LogP contribution in [0.3, 0.4) is 0 Å². The molecule has 1 saturated heterocycles. The molecule has 0 spiro atoms. The fourth-order valence-corrected chi connectivity index (χ4v) is 3.62. The van der Waals surface area contributed by atoms with Crippen molar-refractivity contribution in [1.82, 2.24) is 15.1 Å². The summed E-state index contributed by atoms with van der Waals surface area (Å²) in [6.07, 6.45) is 2.92. The minimum atomic E-state index is -2.24. The van der Waals surface area contributed by atoms with E-state index in [1.54, 1.807) is 11.0 Å². The largest absolute Gasteiger partial charge is 0.496 e. The summed E-state index contributed by atoms with van der Waals surface area (Å²) in [4.78, 5) is 28.6. The Bertz CT molecular complexity index is 927. The van der Waals surface area contributed by atoms with Gasteiger partial charge in [-0.3, -0.25) is 18.9 Å². The second kappa shape index (κ2) is 9.26. The number of nitrogens with one attached hydrogen (secondary N) is 2. The van der Waals surface area contributed by atoms with Crippen molar-refractivity contribution in [2.24, 2.45) is 0 Å². The number of carbonyl (C=O) groups is 2. The van der Waals surface area contributed by atoms with Crippen molar-refractivity contribution in [1.29, 1.82) is 0 Å². The minimum Gasteiger partial charge on any atom is -0.496 e. The quantitative estimate of drug-likeness (QED) is 0.597. The highest BCUT2D eigenvalue weighted by atomic mass is 32.2. The van der Waals surface area contributed by atoms with Gasteiger partial charge in [-0.2, -0.15) is 0 Å². The lowest BCUT2D eigenvalue weighted by Crippen LogP contribution is -2.52. The van der Waals surface area contributed by atoms with Crippen molar-refractivity contribution in [3.8, 4) is 5.75 Å². The summed E-state index contributed by atoms with van der Waals surface area (Å²) in [5.74, 6) is -1.05. The molecule has 3 rings (SSSR count). The molecule has 3 N–H and O–H groups in total. The second-order valence-corrected chi connectivity index (χ2v) is 7.57. The molecular weight excluding hydrogens is 415 g/mol. The molecule has 2 heterocycles. The third-order valence-electron chi connectivity index (χ3n) is 4.85. The first-order valence-corrected chi connectivity index (χ1v) is 10.4. The van der Waals surface area contributed by atoms with Crippen molar-refractivity contribution in [3.05, 3.63) is 47.4 Å². The molecule has 11 heteroatoms. The van der Waals surface area contributed by atoms with Crippen LogP contribution in [0.5, 0.6) is 5.75 Å². The molecule has 2 aliphatic heterocycles. The van der Waals surface area contributed by atoms with Gasteiger partial charge in [0, 0.05) is 38.3 Å². The van der Waals surface area contributed by atoms with Gasteiger partial charge in [0.05, 0.1) is 18.4 Å². The Kier molecular flexibility index (Phi) is 6.73. The van der Waals surface area contributed by atoms with E-state index >= 15 is 0 Å². The van der Waals surface area contributed by atoms with Gasteiger partial charge in [-0.05, 0) is 25.1 Å². The molecule has 2 unspecified atom stereocenters. The van der Waals surface area contributed by atoms with Gasteiger partial charge in [-0.15, -0.1) is 0 Å². The van der Waals surface area contributed by atoms with Crippen LogP contribution >= 0.6 is 0 Å². The summed E-state index contributed by atoms with van der Waals surface area (Å²) >= 11 is -2.24. The van der Waals surface area contributed by atoms with Crippen molar-refractivity contribution < 1.29 is 27.5 Å². The lowest BCUT2D eigenvalue weighted by molar-refractivity contribution is -0.129. The number of methoxy groups -OCH3 is 1. The number of carbonyl (C=O) groups excluding carboxylic acids is 2. The zero-order chi connectivity index (χ0) is 21.8. The minimum absolute atomic E-state index is 0.0594. The van der Waals surface area contributed by atoms with E-state index in [1.807, 2.05) is 6.92 Å². The van der Waals surface area contributed by atoms with E-state index in [0.717, 1.165) is 0 Å². The first-order chi connectivity index (χ1) is 14.3. The Balaban J connectivity index is 1.66. The molecule has 30 heavy (non-hydrogen) atoms. The van der Waals surface area contributed by atoms with Crippen molar-refractivity contribution in [2.45, 2.75) is 13.0 Å². The third-order valence-corrected chi connectivity index (χ3v) is 5.26. The first-order valence-electron chi connectivity index (χ1n) is 9.28. The number of ether oxygens (including phenoxy) is 1. The summed E-state index contributed by atoms with van der Waals surface area (Å²) < 4.78 is 41.4. The van der Waals surface area contributed by atoms with E-state index in [1.165, 1.54) is 36.3 Å². The van der Waals surface area contributed by atoms with E-state index in [9.17, 15) is 18.2 Å². The number of hydrogen-bond acceptors (Lipinski definition) is 5. The first kappa shape index (κ1) is 21.8. The van der Waals surface area contributed by atoms with Crippen LogP contribution in [0.25, 0.3) is 0 Å². The molecule has 0 saturated carbocycles. The molecule has 2 amide bonds. The molecule has 162 valence electrons. The maximum Gasteiger partial charge on any atom is 0.273 e. The van der Waals surface area contributed by atoms with E-state index in [2.05, 4.69) is 10.0 Å². The predicted octanol–water partition coefficient (Wildman–Crippen LogP) is 1.26. The van der Waals surface area contributed by atoms with Gasteiger partial charge in [0.1, 0.15) is 11.4 Å². The number of halogens is 1. The van der Waals surface area contributed by atoms with Crippen LogP contribution < -0.4 is 14.8 Å². The fraction of sp³-hybridized carbons (Fsp3) is 0.368. The normalized spacial score (nSPS) is 19.9. The average molecular weight is 438 g/mol. The highest BCUT2D eigenvalue weighted by Crippen LogP contribution is 2.25. The van der Waals surface area contributed by atoms with E-state index in [4.69, 9.17) is 9.29 Å². The number of hydrogen-bond donors (Lipinski definition) is 3. The standard InChI is InChI=1S/C19H23FN4O5S/c1-12-3-6-15(20)17(21-12)19(26)24-9-7-23(8-10-24)18(25)14-5-4-13(22-30(27)28)11-16(14)29-2/h3-6,11-12,21-22H,7-10H2,1-2H3,(H,27,28). The van der Waals surface area contributed by atoms with Gasteiger partial charge >= 0.3 is 0 Å². The molecule has 9 nitrogen and oxygen atoms in total. The van der Waals surface area contributed by atoms with Gasteiger partial charge in [0.2, 0.25) is 0 Å².